The van der Waals surface area contributed by atoms with Crippen molar-refractivity contribution in [2.75, 3.05) is 5.32 Å². The Balaban J connectivity index is 2.64. The average Bonchev–Trinajstić information content (AvgIpc) is 2.57. The predicted molar refractivity (Wildman–Crippen MR) is 55.6 cm³/mol. The number of hydrogen-bond acceptors (Lipinski definition) is 4. The number of carbonyl (C=O) groups excluding carboxylic acids is 1. The van der Waals surface area contributed by atoms with Crippen molar-refractivity contribution in [2.45, 2.75) is 0 Å². The molecule has 1 aromatic carbocycles. The van der Waals surface area contributed by atoms with Gasteiger partial charge in [-0.05, 0) is 12.1 Å². The highest BCUT2D eigenvalue weighted by Gasteiger charge is 2.10. The largest absolute Gasteiger partial charge is 0.351 e. The molecule has 1 heterocycles. The molecular formula is C7H5ClN4OS. The summed E-state index contributed by atoms with van der Waals surface area (Å²) in [5, 5.41) is 2.81. The maximum atomic E-state index is 10.7. The van der Waals surface area contributed by atoms with Gasteiger partial charge in [-0.3, -0.25) is 0 Å². The van der Waals surface area contributed by atoms with Crippen LogP contribution in [-0.4, -0.2) is 14.8 Å². The Morgan fingerprint density at radius 3 is 3.00 bits per heavy atom. The number of nitrogens with zero attached hydrogens (tertiary/aromatic N) is 2. The van der Waals surface area contributed by atoms with Crippen molar-refractivity contribution in [3.63, 3.8) is 0 Å². The molecule has 2 aromatic rings. The molecule has 0 radical (unpaired) electrons. The summed E-state index contributed by atoms with van der Waals surface area (Å²) in [5.41, 5.74) is 6.65. The van der Waals surface area contributed by atoms with E-state index in [9.17, 15) is 4.79 Å². The summed E-state index contributed by atoms with van der Waals surface area (Å²) < 4.78 is 8.02. The van der Waals surface area contributed by atoms with E-state index in [1.54, 1.807) is 12.1 Å². The van der Waals surface area contributed by atoms with Crippen LogP contribution in [0.3, 0.4) is 0 Å². The molecule has 0 unspecified atom stereocenters. The van der Waals surface area contributed by atoms with Gasteiger partial charge in [0, 0.05) is 0 Å². The number of primary amides is 1. The number of carbonyl (C=O) groups is 1. The molecule has 1 aromatic heterocycles. The number of halogens is 1. The number of urea groups is 1. The van der Waals surface area contributed by atoms with Gasteiger partial charge in [-0.15, -0.1) is 0 Å². The first kappa shape index (κ1) is 9.17. The average molecular weight is 229 g/mol. The summed E-state index contributed by atoms with van der Waals surface area (Å²) in [4.78, 5) is 10.7. The molecule has 14 heavy (non-hydrogen) atoms. The van der Waals surface area contributed by atoms with Crippen LogP contribution in [0, 0.1) is 0 Å². The first-order valence-corrected chi connectivity index (χ1v) is 4.76. The maximum Gasteiger partial charge on any atom is 0.316 e. The highest BCUT2D eigenvalue weighted by atomic mass is 35.5. The van der Waals surface area contributed by atoms with E-state index in [0.29, 0.717) is 21.7 Å². The summed E-state index contributed by atoms with van der Waals surface area (Å²) in [7, 11) is 0. The first-order valence-electron chi connectivity index (χ1n) is 3.65. The van der Waals surface area contributed by atoms with Crippen LogP contribution in [0.25, 0.3) is 11.0 Å². The van der Waals surface area contributed by atoms with E-state index < -0.39 is 6.03 Å². The van der Waals surface area contributed by atoms with Crippen LogP contribution in [0.2, 0.25) is 5.02 Å². The highest BCUT2D eigenvalue weighted by molar-refractivity contribution is 7.00. The third kappa shape index (κ3) is 1.49. The number of amides is 2. The topological polar surface area (TPSA) is 80.9 Å². The van der Waals surface area contributed by atoms with Crippen molar-refractivity contribution < 1.29 is 4.79 Å². The van der Waals surface area contributed by atoms with Gasteiger partial charge < -0.3 is 11.1 Å². The molecule has 3 N–H and O–H groups in total. The molecule has 0 spiro atoms. The fraction of sp³-hybridized carbons (Fsp3) is 0. The molecule has 0 atom stereocenters. The predicted octanol–water partition coefficient (Wildman–Crippen LogP) is 1.84. The van der Waals surface area contributed by atoms with Crippen molar-refractivity contribution in [1.82, 2.24) is 8.75 Å². The van der Waals surface area contributed by atoms with E-state index in [2.05, 4.69) is 14.1 Å². The number of nitrogens with one attached hydrogen (secondary N) is 1. The molecule has 0 aliphatic heterocycles. The number of benzene rings is 1. The van der Waals surface area contributed by atoms with Gasteiger partial charge in [-0.1, -0.05) is 11.6 Å². The Labute approximate surface area is 88.2 Å². The van der Waals surface area contributed by atoms with Crippen molar-refractivity contribution >= 4 is 46.1 Å². The van der Waals surface area contributed by atoms with Gasteiger partial charge in [0.1, 0.15) is 11.0 Å². The molecule has 0 aliphatic carbocycles. The molecule has 0 saturated heterocycles. The fourth-order valence-corrected chi connectivity index (χ4v) is 1.81. The lowest BCUT2D eigenvalue weighted by atomic mass is 10.2. The smallest absolute Gasteiger partial charge is 0.316 e. The van der Waals surface area contributed by atoms with Crippen LogP contribution < -0.4 is 11.1 Å². The summed E-state index contributed by atoms with van der Waals surface area (Å²) in [6, 6.07) is 2.69. The second-order valence-electron chi connectivity index (χ2n) is 2.54. The Kier molecular flexibility index (Phi) is 2.22. The molecule has 5 nitrogen and oxygen atoms in total. The van der Waals surface area contributed by atoms with Gasteiger partial charge in [-0.2, -0.15) is 8.75 Å². The quantitative estimate of drug-likeness (QED) is 0.781. The highest BCUT2D eigenvalue weighted by Crippen LogP contribution is 2.29. The van der Waals surface area contributed by atoms with Gasteiger partial charge in [0.25, 0.3) is 0 Å². The van der Waals surface area contributed by atoms with Crippen LogP contribution in [0.5, 0.6) is 0 Å². The van der Waals surface area contributed by atoms with Crippen molar-refractivity contribution in [3.05, 3.63) is 17.2 Å². The van der Waals surface area contributed by atoms with Crippen molar-refractivity contribution in [2.24, 2.45) is 5.73 Å². The third-order valence-electron chi connectivity index (χ3n) is 1.63. The molecular weight excluding hydrogens is 224 g/mol. The minimum atomic E-state index is -0.674. The Morgan fingerprint density at radius 2 is 2.29 bits per heavy atom. The normalized spacial score (nSPS) is 10.4. The molecule has 7 heteroatoms. The summed E-state index contributed by atoms with van der Waals surface area (Å²) in [6.45, 7) is 0. The SMILES string of the molecule is NC(=O)Nc1c(Cl)ccc2nsnc12. The van der Waals surface area contributed by atoms with Gasteiger partial charge in [0.15, 0.2) is 0 Å². The lowest BCUT2D eigenvalue weighted by Gasteiger charge is -2.03. The van der Waals surface area contributed by atoms with E-state index in [1.165, 1.54) is 0 Å². The molecule has 0 bridgehead atoms. The zero-order valence-electron chi connectivity index (χ0n) is 6.82. The Hall–Kier alpha value is -1.40. The molecule has 0 aliphatic rings. The monoisotopic (exact) mass is 228 g/mol. The maximum absolute atomic E-state index is 10.7. The Morgan fingerprint density at radius 1 is 1.50 bits per heavy atom. The standard InChI is InChI=1S/C7H5ClN4OS/c8-3-1-2-4-6(12-14-11-4)5(3)10-7(9)13/h1-2H,(H3,9,10,13). The van der Waals surface area contributed by atoms with E-state index in [4.69, 9.17) is 17.3 Å². The zero-order chi connectivity index (χ0) is 10.1. The second-order valence-corrected chi connectivity index (χ2v) is 3.48. The van der Waals surface area contributed by atoms with E-state index >= 15 is 0 Å². The van der Waals surface area contributed by atoms with Crippen LogP contribution in [0.15, 0.2) is 12.1 Å². The summed E-state index contributed by atoms with van der Waals surface area (Å²) in [5.74, 6) is 0. The number of fused-ring (bicyclic) bond motifs is 1. The van der Waals surface area contributed by atoms with Gasteiger partial charge in [0.05, 0.1) is 22.4 Å². The lowest BCUT2D eigenvalue weighted by Crippen LogP contribution is -2.19. The van der Waals surface area contributed by atoms with Crippen molar-refractivity contribution in [1.29, 1.82) is 0 Å². The molecule has 0 saturated carbocycles. The zero-order valence-corrected chi connectivity index (χ0v) is 8.39. The second kappa shape index (κ2) is 3.39. The van der Waals surface area contributed by atoms with Crippen LogP contribution in [-0.2, 0) is 0 Å². The minimum absolute atomic E-state index is 0.393. The van der Waals surface area contributed by atoms with Crippen LogP contribution >= 0.6 is 23.3 Å². The van der Waals surface area contributed by atoms with E-state index in [1.807, 2.05) is 0 Å². The fourth-order valence-electron chi connectivity index (χ4n) is 1.07. The molecule has 2 amide bonds. The molecule has 72 valence electrons. The summed E-state index contributed by atoms with van der Waals surface area (Å²) in [6.07, 6.45) is 0. The minimum Gasteiger partial charge on any atom is -0.351 e. The number of aromatic nitrogens is 2. The van der Waals surface area contributed by atoms with E-state index in [0.717, 1.165) is 11.7 Å². The van der Waals surface area contributed by atoms with Crippen LogP contribution in [0.1, 0.15) is 0 Å². The van der Waals surface area contributed by atoms with E-state index in [-0.39, 0.29) is 0 Å². The summed E-state index contributed by atoms with van der Waals surface area (Å²) >= 11 is 6.92. The molecule has 0 fully saturated rings. The van der Waals surface area contributed by atoms with Crippen LogP contribution in [0.4, 0.5) is 10.5 Å². The number of nitrogens with two attached hydrogens (primary N) is 1. The van der Waals surface area contributed by atoms with Gasteiger partial charge in [-0.25, -0.2) is 4.79 Å². The first-order chi connectivity index (χ1) is 6.68. The number of anilines is 1. The van der Waals surface area contributed by atoms with Gasteiger partial charge >= 0.3 is 6.03 Å². The number of rotatable bonds is 1. The third-order valence-corrected chi connectivity index (χ3v) is 2.48. The number of hydrogen-bond donors (Lipinski definition) is 2. The Bertz CT molecular complexity index is 497. The van der Waals surface area contributed by atoms with Gasteiger partial charge in [0.2, 0.25) is 0 Å². The molecule has 2 rings (SSSR count). The van der Waals surface area contributed by atoms with Crippen molar-refractivity contribution in [3.8, 4) is 0 Å². The lowest BCUT2D eigenvalue weighted by molar-refractivity contribution is 0.259.